The van der Waals surface area contributed by atoms with Gasteiger partial charge in [0, 0.05) is 25.4 Å². The minimum absolute atomic E-state index is 0.0653. The number of amides is 1. The summed E-state index contributed by atoms with van der Waals surface area (Å²) in [6, 6.07) is 8.89. The number of hydrogen-bond donors (Lipinski definition) is 1. The van der Waals surface area contributed by atoms with Crippen LogP contribution < -0.4 is 5.32 Å². The second kappa shape index (κ2) is 8.40. The van der Waals surface area contributed by atoms with Crippen molar-refractivity contribution in [2.45, 2.75) is 32.9 Å². The summed E-state index contributed by atoms with van der Waals surface area (Å²) in [5.74, 6) is -0.0653. The third kappa shape index (κ3) is 5.18. The summed E-state index contributed by atoms with van der Waals surface area (Å²) < 4.78 is 5.09. The van der Waals surface area contributed by atoms with E-state index in [1.165, 1.54) is 0 Å². The van der Waals surface area contributed by atoms with Gasteiger partial charge in [-0.1, -0.05) is 0 Å². The lowest BCUT2D eigenvalue weighted by Gasteiger charge is -2.31. The zero-order chi connectivity index (χ0) is 15.8. The Labute approximate surface area is 126 Å². The maximum absolute atomic E-state index is 12.3. The van der Waals surface area contributed by atoms with Crippen LogP contribution in [0.3, 0.4) is 0 Å². The van der Waals surface area contributed by atoms with Gasteiger partial charge in [-0.3, -0.25) is 9.69 Å². The van der Waals surface area contributed by atoms with Gasteiger partial charge in [0.15, 0.2) is 0 Å². The minimum Gasteiger partial charge on any atom is -0.383 e. The lowest BCUT2D eigenvalue weighted by Crippen LogP contribution is -2.47. The largest absolute Gasteiger partial charge is 0.383 e. The molecular formula is C16H23N3O2. The number of carbonyl (C=O) groups excluding carboxylic acids is 1. The fourth-order valence-electron chi connectivity index (χ4n) is 2.12. The second-order valence-corrected chi connectivity index (χ2v) is 5.18. The molecule has 21 heavy (non-hydrogen) atoms. The van der Waals surface area contributed by atoms with Gasteiger partial charge in [0.1, 0.15) is 0 Å². The molecule has 0 aliphatic rings. The molecule has 1 N–H and O–H groups in total. The molecule has 5 heteroatoms. The first-order chi connectivity index (χ1) is 9.99. The van der Waals surface area contributed by atoms with Crippen LogP contribution in [0.25, 0.3) is 0 Å². The highest BCUT2D eigenvalue weighted by Crippen LogP contribution is 2.12. The van der Waals surface area contributed by atoms with Gasteiger partial charge < -0.3 is 10.1 Å². The molecule has 0 saturated carbocycles. The Morgan fingerprint density at radius 2 is 1.95 bits per heavy atom. The highest BCUT2D eigenvalue weighted by atomic mass is 16.5. The molecule has 0 bridgehead atoms. The van der Waals surface area contributed by atoms with Crippen molar-refractivity contribution >= 4 is 11.6 Å². The van der Waals surface area contributed by atoms with E-state index in [2.05, 4.69) is 30.1 Å². The first kappa shape index (κ1) is 17.2. The molecule has 0 radical (unpaired) electrons. The van der Waals surface area contributed by atoms with Crippen LogP contribution in [0.4, 0.5) is 5.69 Å². The molecule has 0 heterocycles. The molecule has 1 atom stereocenters. The van der Waals surface area contributed by atoms with E-state index >= 15 is 0 Å². The standard InChI is InChI=1S/C16H23N3O2/c1-12(2)19(9-10-21-4)13(3)16(20)18-15-7-5-14(11-17)6-8-15/h5-8,12-13H,9-10H2,1-4H3,(H,18,20). The lowest BCUT2D eigenvalue weighted by atomic mass is 10.2. The van der Waals surface area contributed by atoms with Crippen LogP contribution in [-0.4, -0.2) is 43.2 Å². The van der Waals surface area contributed by atoms with E-state index in [-0.39, 0.29) is 18.0 Å². The monoisotopic (exact) mass is 289 g/mol. The van der Waals surface area contributed by atoms with Crippen molar-refractivity contribution in [1.82, 2.24) is 4.90 Å². The van der Waals surface area contributed by atoms with Crippen LogP contribution in [-0.2, 0) is 9.53 Å². The molecule has 0 saturated heterocycles. The van der Waals surface area contributed by atoms with Crippen LogP contribution in [0.2, 0.25) is 0 Å². The molecule has 5 nitrogen and oxygen atoms in total. The van der Waals surface area contributed by atoms with Crippen molar-refractivity contribution in [2.24, 2.45) is 0 Å². The van der Waals surface area contributed by atoms with Crippen molar-refractivity contribution in [3.63, 3.8) is 0 Å². The number of carbonyl (C=O) groups is 1. The minimum atomic E-state index is -0.254. The highest BCUT2D eigenvalue weighted by molar-refractivity contribution is 5.94. The normalized spacial score (nSPS) is 12.2. The number of methoxy groups -OCH3 is 1. The Morgan fingerprint density at radius 3 is 2.43 bits per heavy atom. The topological polar surface area (TPSA) is 65.4 Å². The Kier molecular flexibility index (Phi) is 6.86. The highest BCUT2D eigenvalue weighted by Gasteiger charge is 2.23. The zero-order valence-electron chi connectivity index (χ0n) is 13.1. The molecule has 1 rings (SSSR count). The molecule has 1 aromatic carbocycles. The number of nitrogens with zero attached hydrogens (tertiary/aromatic N) is 2. The van der Waals surface area contributed by atoms with Crippen molar-refractivity contribution < 1.29 is 9.53 Å². The summed E-state index contributed by atoms with van der Waals surface area (Å²) in [6.07, 6.45) is 0. The summed E-state index contributed by atoms with van der Waals surface area (Å²) in [5.41, 5.74) is 1.27. The van der Waals surface area contributed by atoms with Gasteiger partial charge in [0.2, 0.25) is 5.91 Å². The van der Waals surface area contributed by atoms with Crippen molar-refractivity contribution in [1.29, 1.82) is 5.26 Å². The molecule has 114 valence electrons. The second-order valence-electron chi connectivity index (χ2n) is 5.18. The van der Waals surface area contributed by atoms with Gasteiger partial charge in [-0.2, -0.15) is 5.26 Å². The Hall–Kier alpha value is -1.90. The van der Waals surface area contributed by atoms with Gasteiger partial charge in [-0.05, 0) is 45.0 Å². The van der Waals surface area contributed by atoms with E-state index in [0.717, 1.165) is 0 Å². The van der Waals surface area contributed by atoms with Crippen LogP contribution in [0.15, 0.2) is 24.3 Å². The van der Waals surface area contributed by atoms with Crippen molar-refractivity contribution in [2.75, 3.05) is 25.6 Å². The number of ether oxygens (including phenoxy) is 1. The van der Waals surface area contributed by atoms with Gasteiger partial charge in [-0.15, -0.1) is 0 Å². The van der Waals surface area contributed by atoms with E-state index in [1.54, 1.807) is 31.4 Å². The van der Waals surface area contributed by atoms with Crippen LogP contribution >= 0.6 is 0 Å². The molecule has 0 aliphatic carbocycles. The van der Waals surface area contributed by atoms with Crippen LogP contribution in [0.1, 0.15) is 26.3 Å². The van der Waals surface area contributed by atoms with E-state index in [4.69, 9.17) is 10.00 Å². The molecule has 1 unspecified atom stereocenters. The molecule has 0 fully saturated rings. The first-order valence-electron chi connectivity index (χ1n) is 7.05. The smallest absolute Gasteiger partial charge is 0.241 e. The average Bonchev–Trinajstić information content (AvgIpc) is 2.47. The number of hydrogen-bond acceptors (Lipinski definition) is 4. The summed E-state index contributed by atoms with van der Waals surface area (Å²) >= 11 is 0. The summed E-state index contributed by atoms with van der Waals surface area (Å²) in [4.78, 5) is 14.4. The van der Waals surface area contributed by atoms with E-state index in [1.807, 2.05) is 6.92 Å². The molecule has 1 amide bonds. The Balaban J connectivity index is 2.69. The summed E-state index contributed by atoms with van der Waals surface area (Å²) in [6.45, 7) is 7.29. The predicted octanol–water partition coefficient (Wildman–Crippen LogP) is 2.24. The maximum atomic E-state index is 12.3. The maximum Gasteiger partial charge on any atom is 0.241 e. The van der Waals surface area contributed by atoms with Gasteiger partial charge in [-0.25, -0.2) is 0 Å². The van der Waals surface area contributed by atoms with Gasteiger partial charge >= 0.3 is 0 Å². The van der Waals surface area contributed by atoms with Gasteiger partial charge in [0.25, 0.3) is 0 Å². The summed E-state index contributed by atoms with van der Waals surface area (Å²) in [7, 11) is 1.65. The SMILES string of the molecule is COCCN(C(C)C)C(C)C(=O)Nc1ccc(C#N)cc1. The zero-order valence-corrected chi connectivity index (χ0v) is 13.1. The molecule has 0 spiro atoms. The number of nitriles is 1. The third-order valence-electron chi connectivity index (χ3n) is 3.38. The van der Waals surface area contributed by atoms with E-state index in [9.17, 15) is 4.79 Å². The van der Waals surface area contributed by atoms with Gasteiger partial charge in [0.05, 0.1) is 24.3 Å². The lowest BCUT2D eigenvalue weighted by molar-refractivity contribution is -0.121. The fourth-order valence-corrected chi connectivity index (χ4v) is 2.12. The molecule has 0 aliphatic heterocycles. The van der Waals surface area contributed by atoms with Crippen LogP contribution in [0, 0.1) is 11.3 Å². The predicted molar refractivity (Wildman–Crippen MR) is 83.0 cm³/mol. The van der Waals surface area contributed by atoms with Crippen molar-refractivity contribution in [3.8, 4) is 6.07 Å². The van der Waals surface area contributed by atoms with E-state index < -0.39 is 0 Å². The number of benzene rings is 1. The molecular weight excluding hydrogens is 266 g/mol. The average molecular weight is 289 g/mol. The molecule has 1 aromatic rings. The van der Waals surface area contributed by atoms with Crippen LogP contribution in [0.5, 0.6) is 0 Å². The Bertz CT molecular complexity index is 491. The Morgan fingerprint density at radius 1 is 1.33 bits per heavy atom. The third-order valence-corrected chi connectivity index (χ3v) is 3.38. The van der Waals surface area contributed by atoms with Crippen molar-refractivity contribution in [3.05, 3.63) is 29.8 Å². The fraction of sp³-hybridized carbons (Fsp3) is 0.500. The summed E-state index contributed by atoms with van der Waals surface area (Å²) in [5, 5.41) is 11.6. The molecule has 0 aromatic heterocycles. The number of anilines is 1. The number of nitrogens with one attached hydrogen (secondary N) is 1. The number of rotatable bonds is 7. The van der Waals surface area contributed by atoms with E-state index in [0.29, 0.717) is 24.4 Å². The quantitative estimate of drug-likeness (QED) is 0.836. The first-order valence-corrected chi connectivity index (χ1v) is 7.05.